The van der Waals surface area contributed by atoms with Gasteiger partial charge in [-0.3, -0.25) is 0 Å². The van der Waals surface area contributed by atoms with E-state index in [9.17, 15) is 9.18 Å². The van der Waals surface area contributed by atoms with Crippen LogP contribution in [0.15, 0.2) is 24.5 Å². The molecule has 2 N–H and O–H groups in total. The molecule has 3 rings (SSSR count). The summed E-state index contributed by atoms with van der Waals surface area (Å²) in [5, 5.41) is 9.72. The Balaban J connectivity index is 1.60. The smallest absolute Gasteiger partial charge is 0.319 e. The van der Waals surface area contributed by atoms with Crippen molar-refractivity contribution in [1.29, 1.82) is 0 Å². The lowest BCUT2D eigenvalue weighted by molar-refractivity contribution is 0.243. The highest BCUT2D eigenvalue weighted by Gasteiger charge is 2.21. The summed E-state index contributed by atoms with van der Waals surface area (Å²) in [5.74, 6) is 0.424. The molecule has 2 aromatic rings. The quantitative estimate of drug-likeness (QED) is 0.893. The van der Waals surface area contributed by atoms with Gasteiger partial charge in [-0.25, -0.2) is 18.9 Å². The van der Waals surface area contributed by atoms with Gasteiger partial charge in [0.05, 0.1) is 12.6 Å². The lowest BCUT2D eigenvalue weighted by Gasteiger charge is -2.23. The van der Waals surface area contributed by atoms with Crippen LogP contribution in [0.2, 0.25) is 5.02 Å². The molecule has 0 radical (unpaired) electrons. The topological polar surface area (TPSA) is 71.8 Å². The maximum atomic E-state index is 13.2. The number of urea groups is 1. The van der Waals surface area contributed by atoms with E-state index in [0.29, 0.717) is 12.2 Å². The Morgan fingerprint density at radius 3 is 3.10 bits per heavy atom. The minimum absolute atomic E-state index is 0.0387. The number of aryl methyl sites for hydroxylation is 1. The maximum absolute atomic E-state index is 13.2. The van der Waals surface area contributed by atoms with Gasteiger partial charge < -0.3 is 10.6 Å². The first-order valence-corrected chi connectivity index (χ1v) is 6.88. The molecule has 110 valence electrons. The van der Waals surface area contributed by atoms with E-state index in [1.54, 1.807) is 4.68 Å². The molecule has 0 spiro atoms. The summed E-state index contributed by atoms with van der Waals surface area (Å²) in [4.78, 5) is 16.0. The number of aromatic nitrogens is 3. The van der Waals surface area contributed by atoms with Crippen molar-refractivity contribution in [3.63, 3.8) is 0 Å². The Morgan fingerprint density at radius 2 is 2.29 bits per heavy atom. The van der Waals surface area contributed by atoms with Crippen LogP contribution in [0.1, 0.15) is 12.2 Å². The normalized spacial score (nSPS) is 17.1. The van der Waals surface area contributed by atoms with Gasteiger partial charge in [0.1, 0.15) is 18.0 Å². The molecule has 2 amide bonds. The van der Waals surface area contributed by atoms with Crippen LogP contribution in [-0.2, 0) is 13.0 Å². The Kier molecular flexibility index (Phi) is 3.74. The Morgan fingerprint density at radius 1 is 1.43 bits per heavy atom. The zero-order valence-corrected chi connectivity index (χ0v) is 11.8. The monoisotopic (exact) mass is 309 g/mol. The molecule has 1 atom stereocenters. The number of rotatable bonds is 2. The molecule has 0 saturated carbocycles. The lowest BCUT2D eigenvalue weighted by Crippen LogP contribution is -2.43. The number of nitrogens with one attached hydrogen (secondary N) is 2. The molecule has 0 bridgehead atoms. The van der Waals surface area contributed by atoms with Crippen LogP contribution >= 0.6 is 11.6 Å². The molecule has 6 nitrogen and oxygen atoms in total. The number of hydrogen-bond donors (Lipinski definition) is 2. The Bertz CT molecular complexity index is 654. The molecule has 1 aromatic carbocycles. The maximum Gasteiger partial charge on any atom is 0.319 e. The average Bonchev–Trinajstić information content (AvgIpc) is 2.84. The lowest BCUT2D eigenvalue weighted by atomic mass is 10.1. The summed E-state index contributed by atoms with van der Waals surface area (Å²) in [6.07, 6.45) is 3.05. The molecule has 0 fully saturated rings. The van der Waals surface area contributed by atoms with Crippen molar-refractivity contribution in [3.8, 4) is 0 Å². The minimum atomic E-state index is -0.497. The Labute approximate surface area is 125 Å². The first-order chi connectivity index (χ1) is 10.1. The van der Waals surface area contributed by atoms with Gasteiger partial charge in [-0.1, -0.05) is 11.6 Å². The number of anilines is 1. The van der Waals surface area contributed by atoms with E-state index >= 15 is 0 Å². The minimum Gasteiger partial charge on any atom is -0.333 e. The van der Waals surface area contributed by atoms with Gasteiger partial charge in [0.15, 0.2) is 0 Å². The third-order valence-corrected chi connectivity index (χ3v) is 3.48. The molecule has 0 saturated heterocycles. The molecule has 1 aliphatic heterocycles. The highest BCUT2D eigenvalue weighted by Crippen LogP contribution is 2.18. The van der Waals surface area contributed by atoms with E-state index < -0.39 is 11.8 Å². The number of fused-ring (bicyclic) bond motifs is 1. The Hall–Kier alpha value is -2.15. The fourth-order valence-electron chi connectivity index (χ4n) is 2.33. The third-order valence-electron chi connectivity index (χ3n) is 3.26. The molecule has 0 unspecified atom stereocenters. The zero-order chi connectivity index (χ0) is 14.8. The van der Waals surface area contributed by atoms with Gasteiger partial charge in [-0.15, -0.1) is 0 Å². The number of carbonyl (C=O) groups is 1. The molecular weight excluding hydrogens is 297 g/mol. The van der Waals surface area contributed by atoms with Gasteiger partial charge in [0.25, 0.3) is 0 Å². The molecule has 0 aliphatic carbocycles. The molecule has 2 heterocycles. The molecular formula is C13H13ClFN5O. The predicted octanol–water partition coefficient (Wildman–Crippen LogP) is 2.21. The third kappa shape index (κ3) is 3.30. The highest BCUT2D eigenvalue weighted by molar-refractivity contribution is 6.30. The summed E-state index contributed by atoms with van der Waals surface area (Å²) < 4.78 is 15.0. The van der Waals surface area contributed by atoms with Gasteiger partial charge in [0, 0.05) is 17.1 Å². The van der Waals surface area contributed by atoms with E-state index in [1.807, 2.05) is 0 Å². The SMILES string of the molecule is O=C(Nc1cc(F)cc(Cl)c1)N[C@@H]1CCc2ncnn2C1. The highest BCUT2D eigenvalue weighted by atomic mass is 35.5. The van der Waals surface area contributed by atoms with Crippen molar-refractivity contribution in [2.24, 2.45) is 0 Å². The van der Waals surface area contributed by atoms with E-state index in [1.165, 1.54) is 24.5 Å². The summed E-state index contributed by atoms with van der Waals surface area (Å²) >= 11 is 5.74. The van der Waals surface area contributed by atoms with E-state index in [-0.39, 0.29) is 11.1 Å². The first kappa shape index (κ1) is 13.8. The fourth-order valence-corrected chi connectivity index (χ4v) is 2.56. The standard InChI is InChI=1S/C13H13ClFN5O/c14-8-3-9(15)5-11(4-8)19-13(21)18-10-1-2-12-16-7-17-20(12)6-10/h3-5,7,10H,1-2,6H2,(H2,18,19,21)/t10-/m1/s1. The predicted molar refractivity (Wildman–Crippen MR) is 75.7 cm³/mol. The van der Waals surface area contributed by atoms with E-state index in [2.05, 4.69) is 20.7 Å². The van der Waals surface area contributed by atoms with Crippen molar-refractivity contribution in [2.75, 3.05) is 5.32 Å². The van der Waals surface area contributed by atoms with Gasteiger partial charge in [0.2, 0.25) is 0 Å². The van der Waals surface area contributed by atoms with Crippen molar-refractivity contribution in [3.05, 3.63) is 41.2 Å². The molecule has 1 aromatic heterocycles. The number of amides is 2. The van der Waals surface area contributed by atoms with Crippen LogP contribution < -0.4 is 10.6 Å². The molecule has 8 heteroatoms. The second kappa shape index (κ2) is 5.69. The second-order valence-electron chi connectivity index (χ2n) is 4.85. The fraction of sp³-hybridized carbons (Fsp3) is 0.308. The van der Waals surface area contributed by atoms with Crippen molar-refractivity contribution in [1.82, 2.24) is 20.1 Å². The van der Waals surface area contributed by atoms with Crippen molar-refractivity contribution < 1.29 is 9.18 Å². The summed E-state index contributed by atoms with van der Waals surface area (Å²) in [6, 6.07) is 3.44. The molecule has 21 heavy (non-hydrogen) atoms. The van der Waals surface area contributed by atoms with Crippen LogP contribution in [0.4, 0.5) is 14.9 Å². The van der Waals surface area contributed by atoms with Gasteiger partial charge in [-0.05, 0) is 24.6 Å². The number of carbonyl (C=O) groups excluding carboxylic acids is 1. The number of hydrogen-bond acceptors (Lipinski definition) is 3. The zero-order valence-electron chi connectivity index (χ0n) is 11.0. The summed E-state index contributed by atoms with van der Waals surface area (Å²) in [6.45, 7) is 0.576. The number of halogens is 2. The van der Waals surface area contributed by atoms with E-state index in [0.717, 1.165) is 18.7 Å². The van der Waals surface area contributed by atoms with Crippen LogP contribution in [0, 0.1) is 5.82 Å². The average molecular weight is 310 g/mol. The first-order valence-electron chi connectivity index (χ1n) is 6.50. The molecule has 1 aliphatic rings. The van der Waals surface area contributed by atoms with Crippen LogP contribution in [-0.4, -0.2) is 26.8 Å². The summed E-state index contributed by atoms with van der Waals surface area (Å²) in [7, 11) is 0. The van der Waals surface area contributed by atoms with Crippen LogP contribution in [0.5, 0.6) is 0 Å². The van der Waals surface area contributed by atoms with Crippen molar-refractivity contribution in [2.45, 2.75) is 25.4 Å². The van der Waals surface area contributed by atoms with Crippen molar-refractivity contribution >= 4 is 23.3 Å². The van der Waals surface area contributed by atoms with Gasteiger partial charge in [-0.2, -0.15) is 5.10 Å². The van der Waals surface area contributed by atoms with Crippen LogP contribution in [0.25, 0.3) is 0 Å². The van der Waals surface area contributed by atoms with Gasteiger partial charge >= 0.3 is 6.03 Å². The number of benzene rings is 1. The van der Waals surface area contributed by atoms with Crippen LogP contribution in [0.3, 0.4) is 0 Å². The summed E-state index contributed by atoms with van der Waals surface area (Å²) in [5.41, 5.74) is 0.315. The van der Waals surface area contributed by atoms with E-state index in [4.69, 9.17) is 11.6 Å². The number of nitrogens with zero attached hydrogens (tertiary/aromatic N) is 3. The largest absolute Gasteiger partial charge is 0.333 e. The second-order valence-corrected chi connectivity index (χ2v) is 5.29.